The predicted octanol–water partition coefficient (Wildman–Crippen LogP) is 3.01. The van der Waals surface area contributed by atoms with Gasteiger partial charge in [-0.15, -0.1) is 0 Å². The topological polar surface area (TPSA) is 12.0 Å². The SMILES string of the molecule is [CH3][Sn]([CH3])([CH3])[C]1=Cc2ccccc2CN1. The summed E-state index contributed by atoms with van der Waals surface area (Å²) < 4.78 is 1.54. The Kier molecular flexibility index (Phi) is 2.60. The Hall–Kier alpha value is -0.441. The molecule has 0 radical (unpaired) electrons. The van der Waals surface area contributed by atoms with Crippen LogP contribution in [0.5, 0.6) is 0 Å². The maximum absolute atomic E-state index is 3.57. The second-order valence-corrected chi connectivity index (χ2v) is 19.2. The van der Waals surface area contributed by atoms with Crippen LogP contribution in [-0.4, -0.2) is 18.4 Å². The van der Waals surface area contributed by atoms with Crippen molar-refractivity contribution in [3.63, 3.8) is 0 Å². The molecule has 1 N–H and O–H groups in total. The van der Waals surface area contributed by atoms with Gasteiger partial charge >= 0.3 is 90.2 Å². The second kappa shape index (κ2) is 3.61. The molecule has 1 aromatic carbocycles. The third-order valence-corrected chi connectivity index (χ3v) is 8.16. The number of benzene rings is 1. The summed E-state index contributed by atoms with van der Waals surface area (Å²) >= 11 is -1.89. The number of hydrogen-bond donors (Lipinski definition) is 1. The third-order valence-electron chi connectivity index (χ3n) is 2.63. The molecule has 1 aliphatic rings. The molecule has 0 aliphatic carbocycles. The quantitative estimate of drug-likeness (QED) is 0.785. The monoisotopic (exact) mass is 295 g/mol. The van der Waals surface area contributed by atoms with E-state index in [-0.39, 0.29) is 0 Å². The Labute approximate surface area is 90.1 Å². The van der Waals surface area contributed by atoms with E-state index in [9.17, 15) is 0 Å². The fourth-order valence-electron chi connectivity index (χ4n) is 1.71. The van der Waals surface area contributed by atoms with Gasteiger partial charge in [0.2, 0.25) is 0 Å². The molecule has 2 heteroatoms. The van der Waals surface area contributed by atoms with Gasteiger partial charge in [-0.25, -0.2) is 0 Å². The molecule has 0 unspecified atom stereocenters. The van der Waals surface area contributed by atoms with E-state index in [4.69, 9.17) is 0 Å². The summed E-state index contributed by atoms with van der Waals surface area (Å²) in [5.41, 5.74) is 2.83. The van der Waals surface area contributed by atoms with Gasteiger partial charge in [-0.3, -0.25) is 0 Å². The Balaban J connectivity index is 2.41. The standard InChI is InChI=1S/C9H8N.3CH3.Sn/c1-2-4-9-7-10-6-5-8(9)3-1;;;;/h1-5,10H,7H2;3*1H3;. The van der Waals surface area contributed by atoms with Crippen LogP contribution in [0, 0.1) is 0 Å². The van der Waals surface area contributed by atoms with Gasteiger partial charge in [0.05, 0.1) is 0 Å². The fourth-order valence-corrected chi connectivity index (χ4v) is 5.16. The summed E-state index contributed by atoms with van der Waals surface area (Å²) in [6.45, 7) is 1.01. The van der Waals surface area contributed by atoms with Crippen molar-refractivity contribution in [2.45, 2.75) is 21.4 Å². The molecule has 0 amide bonds. The summed E-state index contributed by atoms with van der Waals surface area (Å²) in [6.07, 6.45) is 2.36. The average Bonchev–Trinajstić information content (AvgIpc) is 2.16. The molecule has 0 atom stereocenters. The molecule has 1 heterocycles. The van der Waals surface area contributed by atoms with Crippen molar-refractivity contribution in [3.05, 3.63) is 39.1 Å². The van der Waals surface area contributed by atoms with Crippen LogP contribution in [0.1, 0.15) is 11.1 Å². The molecule has 1 aliphatic heterocycles. The van der Waals surface area contributed by atoms with Gasteiger partial charge in [0.25, 0.3) is 0 Å². The van der Waals surface area contributed by atoms with E-state index in [0.717, 1.165) is 6.54 Å². The van der Waals surface area contributed by atoms with E-state index in [1.165, 1.54) is 14.8 Å². The number of rotatable bonds is 1. The zero-order valence-electron chi connectivity index (χ0n) is 9.09. The summed E-state index contributed by atoms with van der Waals surface area (Å²) in [5.74, 6) is 0. The molecule has 1 aromatic rings. The van der Waals surface area contributed by atoms with Crippen LogP contribution in [0.2, 0.25) is 14.8 Å². The normalized spacial score (nSPS) is 15.5. The number of fused-ring (bicyclic) bond motifs is 1. The van der Waals surface area contributed by atoms with E-state index < -0.39 is 18.4 Å². The summed E-state index contributed by atoms with van der Waals surface area (Å²) in [4.78, 5) is 7.34. The van der Waals surface area contributed by atoms with E-state index in [2.05, 4.69) is 50.5 Å². The van der Waals surface area contributed by atoms with Crippen LogP contribution in [-0.2, 0) is 6.54 Å². The van der Waals surface area contributed by atoms with Crippen molar-refractivity contribution in [3.8, 4) is 0 Å². The zero-order chi connectivity index (χ0) is 10.2. The molecular weight excluding hydrogens is 277 g/mol. The van der Waals surface area contributed by atoms with Gasteiger partial charge in [0.15, 0.2) is 0 Å². The molecule has 0 bridgehead atoms. The second-order valence-electron chi connectivity index (χ2n) is 4.86. The molecule has 1 nitrogen and oxygen atoms in total. The first-order chi connectivity index (χ1) is 6.57. The summed E-state index contributed by atoms with van der Waals surface area (Å²) in [6, 6.07) is 8.65. The van der Waals surface area contributed by atoms with Crippen molar-refractivity contribution in [2.75, 3.05) is 0 Å². The first-order valence-electron chi connectivity index (χ1n) is 5.11. The summed E-state index contributed by atoms with van der Waals surface area (Å²) in [5, 5.41) is 3.57. The first-order valence-corrected chi connectivity index (χ1v) is 15.1. The Morgan fingerprint density at radius 2 is 1.86 bits per heavy atom. The van der Waals surface area contributed by atoms with Crippen molar-refractivity contribution in [1.82, 2.24) is 5.32 Å². The van der Waals surface area contributed by atoms with E-state index in [1.807, 2.05) is 0 Å². The van der Waals surface area contributed by atoms with Crippen molar-refractivity contribution in [1.29, 1.82) is 0 Å². The minimum absolute atomic E-state index is 1.01. The zero-order valence-corrected chi connectivity index (χ0v) is 11.9. The van der Waals surface area contributed by atoms with E-state index in [0.29, 0.717) is 0 Å². The van der Waals surface area contributed by atoms with E-state index in [1.54, 1.807) is 0 Å². The average molecular weight is 294 g/mol. The molecular formula is C12H17NSn. The van der Waals surface area contributed by atoms with Crippen molar-refractivity contribution >= 4 is 24.5 Å². The predicted molar refractivity (Wildman–Crippen MR) is 64.6 cm³/mol. The molecule has 0 fully saturated rings. The van der Waals surface area contributed by atoms with Crippen LogP contribution in [0.3, 0.4) is 0 Å². The maximum atomic E-state index is 3.57. The Morgan fingerprint density at radius 1 is 1.14 bits per heavy atom. The third kappa shape index (κ3) is 1.97. The molecule has 0 saturated carbocycles. The van der Waals surface area contributed by atoms with Gasteiger partial charge in [-0.05, 0) is 0 Å². The van der Waals surface area contributed by atoms with Gasteiger partial charge in [0.1, 0.15) is 0 Å². The first kappa shape index (κ1) is 10.1. The molecule has 0 aromatic heterocycles. The van der Waals surface area contributed by atoms with Gasteiger partial charge in [-0.2, -0.15) is 0 Å². The Bertz CT molecular complexity index is 374. The van der Waals surface area contributed by atoms with Gasteiger partial charge in [-0.1, -0.05) is 0 Å². The van der Waals surface area contributed by atoms with Crippen LogP contribution in [0.4, 0.5) is 0 Å². The van der Waals surface area contributed by atoms with Crippen molar-refractivity contribution in [2.24, 2.45) is 0 Å². The van der Waals surface area contributed by atoms with Crippen LogP contribution in [0.15, 0.2) is 28.0 Å². The van der Waals surface area contributed by atoms with E-state index >= 15 is 0 Å². The molecule has 74 valence electrons. The van der Waals surface area contributed by atoms with Gasteiger partial charge in [0, 0.05) is 0 Å². The fraction of sp³-hybridized carbons (Fsp3) is 0.333. The van der Waals surface area contributed by atoms with Crippen molar-refractivity contribution < 1.29 is 0 Å². The summed E-state index contributed by atoms with van der Waals surface area (Å²) in [7, 11) is 0. The molecule has 0 spiro atoms. The van der Waals surface area contributed by atoms with Crippen LogP contribution >= 0.6 is 0 Å². The molecule has 14 heavy (non-hydrogen) atoms. The number of hydrogen-bond acceptors (Lipinski definition) is 1. The van der Waals surface area contributed by atoms with Gasteiger partial charge < -0.3 is 0 Å². The molecule has 0 saturated heterocycles. The van der Waals surface area contributed by atoms with Crippen LogP contribution < -0.4 is 5.32 Å². The Morgan fingerprint density at radius 3 is 2.57 bits per heavy atom. The van der Waals surface area contributed by atoms with Crippen LogP contribution in [0.25, 0.3) is 6.08 Å². The number of nitrogens with one attached hydrogen (secondary N) is 1. The molecule has 2 rings (SSSR count). The minimum atomic E-state index is -1.89.